The van der Waals surface area contributed by atoms with Crippen LogP contribution in [0, 0.1) is 18.7 Å². The molecule has 1 atom stereocenters. The summed E-state index contributed by atoms with van der Waals surface area (Å²) in [4.78, 5) is 2.56. The first kappa shape index (κ1) is 13.1. The zero-order valence-electron chi connectivity index (χ0n) is 11.7. The first-order valence-corrected chi connectivity index (χ1v) is 7.47. The quantitative estimate of drug-likeness (QED) is 0.901. The number of nitrogens with one attached hydrogen (secondary N) is 1. The minimum absolute atomic E-state index is 0.0584. The molecule has 0 unspecified atom stereocenters. The molecule has 1 aliphatic carbocycles. The van der Waals surface area contributed by atoms with Gasteiger partial charge in [0.25, 0.3) is 0 Å². The fourth-order valence-corrected chi connectivity index (χ4v) is 3.41. The van der Waals surface area contributed by atoms with E-state index in [4.69, 9.17) is 0 Å². The summed E-state index contributed by atoms with van der Waals surface area (Å²) in [5.41, 5.74) is 2.06. The van der Waals surface area contributed by atoms with Crippen LogP contribution in [0.3, 0.4) is 0 Å². The molecule has 0 radical (unpaired) electrons. The predicted molar refractivity (Wildman–Crippen MR) is 75.7 cm³/mol. The summed E-state index contributed by atoms with van der Waals surface area (Å²) in [6.45, 7) is 6.20. The summed E-state index contributed by atoms with van der Waals surface area (Å²) in [5.74, 6) is 0.663. The van der Waals surface area contributed by atoms with Gasteiger partial charge in [-0.1, -0.05) is 18.6 Å². The third-order valence-electron chi connectivity index (χ3n) is 4.77. The smallest absolute Gasteiger partial charge is 0.126 e. The molecule has 1 saturated carbocycles. The minimum Gasteiger partial charge on any atom is -0.314 e. The zero-order valence-corrected chi connectivity index (χ0v) is 11.7. The molecule has 0 aromatic heterocycles. The normalized spacial score (nSPS) is 23.1. The molecule has 1 N–H and O–H groups in total. The van der Waals surface area contributed by atoms with Gasteiger partial charge >= 0.3 is 0 Å². The number of piperazine rings is 1. The number of benzene rings is 1. The molecule has 1 aromatic carbocycles. The molecule has 1 aliphatic heterocycles. The van der Waals surface area contributed by atoms with Gasteiger partial charge in [0, 0.05) is 32.2 Å². The van der Waals surface area contributed by atoms with E-state index in [1.165, 1.54) is 24.8 Å². The highest BCUT2D eigenvalue weighted by molar-refractivity contribution is 5.31. The second kappa shape index (κ2) is 5.59. The van der Waals surface area contributed by atoms with E-state index in [0.717, 1.165) is 37.7 Å². The predicted octanol–water partition coefficient (Wildman–Crippen LogP) is 2.88. The maximum Gasteiger partial charge on any atom is 0.126 e. The van der Waals surface area contributed by atoms with Gasteiger partial charge in [-0.25, -0.2) is 4.39 Å². The van der Waals surface area contributed by atoms with Gasteiger partial charge in [0.1, 0.15) is 5.82 Å². The van der Waals surface area contributed by atoms with Gasteiger partial charge in [0.15, 0.2) is 0 Å². The van der Waals surface area contributed by atoms with Crippen LogP contribution < -0.4 is 5.32 Å². The number of nitrogens with zero attached hydrogens (tertiary/aromatic N) is 1. The van der Waals surface area contributed by atoms with Crippen LogP contribution >= 0.6 is 0 Å². The summed E-state index contributed by atoms with van der Waals surface area (Å²) in [7, 11) is 0. The Morgan fingerprint density at radius 1 is 1.26 bits per heavy atom. The van der Waals surface area contributed by atoms with Crippen LogP contribution in [-0.4, -0.2) is 31.1 Å². The van der Waals surface area contributed by atoms with Crippen molar-refractivity contribution < 1.29 is 4.39 Å². The number of hydrogen-bond donors (Lipinski definition) is 1. The summed E-state index contributed by atoms with van der Waals surface area (Å²) >= 11 is 0. The van der Waals surface area contributed by atoms with Crippen LogP contribution in [0.4, 0.5) is 4.39 Å². The fraction of sp³-hybridized carbons (Fsp3) is 0.625. The lowest BCUT2D eigenvalue weighted by Gasteiger charge is -2.43. The molecule has 1 heterocycles. The highest BCUT2D eigenvalue weighted by Gasteiger charge is 2.34. The monoisotopic (exact) mass is 262 g/mol. The topological polar surface area (TPSA) is 15.3 Å². The summed E-state index contributed by atoms with van der Waals surface area (Å²) in [5, 5.41) is 3.41. The van der Waals surface area contributed by atoms with E-state index in [-0.39, 0.29) is 5.82 Å². The highest BCUT2D eigenvalue weighted by Crippen LogP contribution is 2.42. The molecule has 2 nitrogen and oxygen atoms in total. The van der Waals surface area contributed by atoms with E-state index < -0.39 is 0 Å². The summed E-state index contributed by atoms with van der Waals surface area (Å²) in [6.07, 6.45) is 3.93. The molecule has 3 rings (SSSR count). The van der Waals surface area contributed by atoms with Crippen molar-refractivity contribution in [3.05, 3.63) is 35.1 Å². The maximum absolute atomic E-state index is 13.9. The minimum atomic E-state index is -0.0584. The standard InChI is InChI=1S/C16H23FN2/c1-12-14(6-3-7-15(12)17)16(13-4-2-5-13)19-10-8-18-9-11-19/h3,6-7,13,16,18H,2,4-5,8-11H2,1H3/t16-/m0/s1. The first-order chi connectivity index (χ1) is 9.27. The van der Waals surface area contributed by atoms with Gasteiger partial charge in [-0.2, -0.15) is 0 Å². The molecule has 0 bridgehead atoms. The molecule has 1 aromatic rings. The lowest BCUT2D eigenvalue weighted by molar-refractivity contribution is 0.0830. The van der Waals surface area contributed by atoms with Gasteiger partial charge < -0.3 is 5.32 Å². The second-order valence-corrected chi connectivity index (χ2v) is 5.88. The summed E-state index contributed by atoms with van der Waals surface area (Å²) < 4.78 is 13.9. The van der Waals surface area contributed by atoms with Gasteiger partial charge in [0.2, 0.25) is 0 Å². The third kappa shape index (κ3) is 2.54. The van der Waals surface area contributed by atoms with E-state index >= 15 is 0 Å². The largest absolute Gasteiger partial charge is 0.314 e. The molecule has 1 saturated heterocycles. The average Bonchev–Trinajstić information content (AvgIpc) is 2.38. The van der Waals surface area contributed by atoms with Crippen LogP contribution in [0.1, 0.15) is 36.4 Å². The van der Waals surface area contributed by atoms with Gasteiger partial charge in [-0.3, -0.25) is 4.90 Å². The van der Waals surface area contributed by atoms with Crippen LogP contribution in [0.2, 0.25) is 0 Å². The Kier molecular flexibility index (Phi) is 3.85. The van der Waals surface area contributed by atoms with E-state index in [1.54, 1.807) is 6.07 Å². The second-order valence-electron chi connectivity index (χ2n) is 5.88. The van der Waals surface area contributed by atoms with Crippen LogP contribution in [0.15, 0.2) is 18.2 Å². The number of halogens is 1. The Balaban J connectivity index is 1.91. The summed E-state index contributed by atoms with van der Waals surface area (Å²) in [6, 6.07) is 6.00. The Hall–Kier alpha value is -0.930. The van der Waals surface area contributed by atoms with Crippen molar-refractivity contribution in [2.45, 2.75) is 32.2 Å². The molecule has 3 heteroatoms. The first-order valence-electron chi connectivity index (χ1n) is 7.47. The Bertz CT molecular complexity index is 436. The lowest BCUT2D eigenvalue weighted by Crippen LogP contribution is -2.48. The lowest BCUT2D eigenvalue weighted by atomic mass is 9.75. The molecule has 2 aliphatic rings. The number of rotatable bonds is 3. The Labute approximate surface area is 115 Å². The maximum atomic E-state index is 13.9. The molecular formula is C16H23FN2. The average molecular weight is 262 g/mol. The van der Waals surface area contributed by atoms with Gasteiger partial charge in [-0.15, -0.1) is 0 Å². The SMILES string of the molecule is Cc1c(F)cccc1[C@H](C1CCC1)N1CCNCC1. The van der Waals surface area contributed by atoms with Crippen LogP contribution in [-0.2, 0) is 0 Å². The third-order valence-corrected chi connectivity index (χ3v) is 4.77. The van der Waals surface area contributed by atoms with Gasteiger partial charge in [-0.05, 0) is 42.9 Å². The van der Waals surface area contributed by atoms with Crippen molar-refractivity contribution >= 4 is 0 Å². The van der Waals surface area contributed by atoms with E-state index in [1.807, 2.05) is 13.0 Å². The van der Waals surface area contributed by atoms with E-state index in [9.17, 15) is 4.39 Å². The molecular weight excluding hydrogens is 239 g/mol. The highest BCUT2D eigenvalue weighted by atomic mass is 19.1. The van der Waals surface area contributed by atoms with Crippen molar-refractivity contribution in [1.82, 2.24) is 10.2 Å². The van der Waals surface area contributed by atoms with Crippen molar-refractivity contribution in [3.63, 3.8) is 0 Å². The van der Waals surface area contributed by atoms with E-state index in [0.29, 0.717) is 6.04 Å². The van der Waals surface area contributed by atoms with Gasteiger partial charge in [0.05, 0.1) is 0 Å². The fourth-order valence-electron chi connectivity index (χ4n) is 3.41. The molecule has 104 valence electrons. The van der Waals surface area contributed by atoms with Crippen LogP contribution in [0.5, 0.6) is 0 Å². The van der Waals surface area contributed by atoms with Crippen molar-refractivity contribution in [2.75, 3.05) is 26.2 Å². The molecule has 2 fully saturated rings. The Morgan fingerprint density at radius 3 is 2.63 bits per heavy atom. The van der Waals surface area contributed by atoms with Crippen molar-refractivity contribution in [2.24, 2.45) is 5.92 Å². The Morgan fingerprint density at radius 2 is 2.00 bits per heavy atom. The molecule has 0 spiro atoms. The molecule has 19 heavy (non-hydrogen) atoms. The van der Waals surface area contributed by atoms with E-state index in [2.05, 4.69) is 16.3 Å². The van der Waals surface area contributed by atoms with Crippen molar-refractivity contribution in [1.29, 1.82) is 0 Å². The zero-order chi connectivity index (χ0) is 13.2. The number of hydrogen-bond acceptors (Lipinski definition) is 2. The van der Waals surface area contributed by atoms with Crippen LogP contribution in [0.25, 0.3) is 0 Å². The van der Waals surface area contributed by atoms with Crippen molar-refractivity contribution in [3.8, 4) is 0 Å². The molecule has 0 amide bonds.